The summed E-state index contributed by atoms with van der Waals surface area (Å²) in [5.74, 6) is -3.89. The van der Waals surface area contributed by atoms with E-state index in [4.69, 9.17) is 4.74 Å². The van der Waals surface area contributed by atoms with Crippen LogP contribution in [-0.4, -0.2) is 32.0 Å². The number of hydrogen-bond acceptors (Lipinski definition) is 4. The van der Waals surface area contributed by atoms with Crippen molar-refractivity contribution in [1.82, 2.24) is 14.8 Å². The average molecular weight is 626 g/mol. The van der Waals surface area contributed by atoms with Gasteiger partial charge in [0, 0.05) is 11.8 Å². The number of carboxylic acid groups (broad SMARTS) is 1. The topological polar surface area (TPSA) is 77.2 Å². The minimum absolute atomic E-state index is 0.0220. The fourth-order valence-electron chi connectivity index (χ4n) is 5.23. The van der Waals surface area contributed by atoms with E-state index in [0.717, 1.165) is 12.1 Å². The lowest BCUT2D eigenvalue weighted by molar-refractivity contribution is -0.185. The zero-order valence-electron chi connectivity index (χ0n) is 22.5. The first-order chi connectivity index (χ1) is 20.6. The van der Waals surface area contributed by atoms with Gasteiger partial charge in [-0.2, -0.15) is 40.2 Å². The van der Waals surface area contributed by atoms with Gasteiger partial charge in [0.2, 0.25) is 0 Å². The smallest absolute Gasteiger partial charge is 0.436 e. The average Bonchev–Trinajstić information content (AvgIpc) is 3.44. The maximum absolute atomic E-state index is 15.3. The SMILES string of the molecule is O=C(O)c1cn(-c2cccc(-c3ccccc3OC(F)(F)c3ccc(C4CCC(C(F)(F)F)CC4)cc3)n2)nc1C(F)(F)F. The molecule has 44 heavy (non-hydrogen) atoms. The number of halogens is 8. The van der Waals surface area contributed by atoms with Gasteiger partial charge >= 0.3 is 24.4 Å². The summed E-state index contributed by atoms with van der Waals surface area (Å²) >= 11 is 0. The second-order valence-corrected chi connectivity index (χ2v) is 10.3. The number of ether oxygens (including phenoxy) is 1. The Hall–Kier alpha value is -4.49. The summed E-state index contributed by atoms with van der Waals surface area (Å²) in [6, 6.07) is 14.9. The maximum Gasteiger partial charge on any atom is 0.436 e. The fourth-order valence-corrected chi connectivity index (χ4v) is 5.23. The minimum atomic E-state index is -5.05. The number of aromatic nitrogens is 3. The highest BCUT2D eigenvalue weighted by Crippen LogP contribution is 2.44. The Labute approximate surface area is 244 Å². The molecule has 2 aromatic heterocycles. The quantitative estimate of drug-likeness (QED) is 0.208. The van der Waals surface area contributed by atoms with E-state index in [2.05, 4.69) is 10.1 Å². The normalized spacial score (nSPS) is 17.8. The van der Waals surface area contributed by atoms with Crippen molar-refractivity contribution in [2.24, 2.45) is 5.92 Å². The number of alkyl halides is 8. The van der Waals surface area contributed by atoms with Crippen LogP contribution < -0.4 is 4.74 Å². The van der Waals surface area contributed by atoms with Gasteiger partial charge in [-0.25, -0.2) is 14.5 Å². The molecule has 0 amide bonds. The Morgan fingerprint density at radius 1 is 0.841 bits per heavy atom. The second-order valence-electron chi connectivity index (χ2n) is 10.3. The first kappa shape index (κ1) is 31.0. The van der Waals surface area contributed by atoms with Crippen LogP contribution >= 0.6 is 0 Å². The number of hydrogen-bond donors (Lipinski definition) is 1. The molecular weight excluding hydrogens is 602 g/mol. The molecule has 2 heterocycles. The number of pyridine rings is 1. The van der Waals surface area contributed by atoms with Crippen molar-refractivity contribution in [1.29, 1.82) is 0 Å². The van der Waals surface area contributed by atoms with Crippen molar-refractivity contribution >= 4 is 5.97 Å². The summed E-state index contributed by atoms with van der Waals surface area (Å²) in [5, 5.41) is 12.5. The summed E-state index contributed by atoms with van der Waals surface area (Å²) in [5.41, 5.74) is -2.47. The Bertz CT molecular complexity index is 1640. The molecule has 1 N–H and O–H groups in total. The summed E-state index contributed by atoms with van der Waals surface area (Å²) in [6.07, 6.45) is -11.9. The summed E-state index contributed by atoms with van der Waals surface area (Å²) in [6.45, 7) is 0. The molecule has 0 aliphatic heterocycles. The third-order valence-electron chi connectivity index (χ3n) is 7.49. The number of rotatable bonds is 7. The van der Waals surface area contributed by atoms with E-state index in [1.54, 1.807) is 0 Å². The van der Waals surface area contributed by atoms with Crippen LogP contribution in [0.5, 0.6) is 5.75 Å². The third-order valence-corrected chi connectivity index (χ3v) is 7.49. The predicted octanol–water partition coefficient (Wildman–Crippen LogP) is 8.62. The molecular formula is C30H23F8N3O3. The molecule has 232 valence electrons. The monoisotopic (exact) mass is 625 g/mol. The zero-order chi connectivity index (χ0) is 31.9. The Kier molecular flexibility index (Phi) is 8.12. The lowest BCUT2D eigenvalue weighted by Crippen LogP contribution is -2.27. The van der Waals surface area contributed by atoms with Gasteiger partial charge in [0.25, 0.3) is 0 Å². The van der Waals surface area contributed by atoms with E-state index in [1.165, 1.54) is 54.6 Å². The van der Waals surface area contributed by atoms with Crippen LogP contribution in [0, 0.1) is 5.92 Å². The van der Waals surface area contributed by atoms with Crippen molar-refractivity contribution in [3.8, 4) is 22.8 Å². The van der Waals surface area contributed by atoms with Gasteiger partial charge in [-0.05, 0) is 73.6 Å². The number of carbonyl (C=O) groups is 1. The molecule has 5 rings (SSSR count). The Balaban J connectivity index is 1.37. The number of nitrogens with zero attached hydrogens (tertiary/aromatic N) is 3. The predicted molar refractivity (Wildman–Crippen MR) is 140 cm³/mol. The lowest BCUT2D eigenvalue weighted by atomic mass is 9.78. The lowest BCUT2D eigenvalue weighted by Gasteiger charge is -2.30. The molecule has 0 saturated heterocycles. The van der Waals surface area contributed by atoms with Crippen LogP contribution in [0.25, 0.3) is 17.1 Å². The van der Waals surface area contributed by atoms with E-state index < -0.39 is 47.2 Å². The zero-order valence-corrected chi connectivity index (χ0v) is 22.5. The van der Waals surface area contributed by atoms with Gasteiger partial charge in [0.15, 0.2) is 11.5 Å². The minimum Gasteiger partial charge on any atom is -0.478 e. The van der Waals surface area contributed by atoms with E-state index >= 15 is 8.78 Å². The Morgan fingerprint density at radius 2 is 1.50 bits per heavy atom. The highest BCUT2D eigenvalue weighted by atomic mass is 19.4. The van der Waals surface area contributed by atoms with Crippen LogP contribution in [0.15, 0.2) is 72.9 Å². The molecule has 0 radical (unpaired) electrons. The first-order valence-electron chi connectivity index (χ1n) is 13.3. The van der Waals surface area contributed by atoms with Gasteiger partial charge in [-0.15, -0.1) is 0 Å². The van der Waals surface area contributed by atoms with Crippen molar-refractivity contribution in [2.75, 3.05) is 0 Å². The van der Waals surface area contributed by atoms with Gasteiger partial charge < -0.3 is 9.84 Å². The number of carboxylic acids is 1. The van der Waals surface area contributed by atoms with Crippen LogP contribution in [0.1, 0.15) is 58.8 Å². The van der Waals surface area contributed by atoms with E-state index in [1.807, 2.05) is 0 Å². The molecule has 2 aromatic carbocycles. The fraction of sp³-hybridized carbons (Fsp3) is 0.300. The van der Waals surface area contributed by atoms with Crippen molar-refractivity contribution in [3.05, 3.63) is 95.3 Å². The highest BCUT2D eigenvalue weighted by Gasteiger charge is 2.42. The summed E-state index contributed by atoms with van der Waals surface area (Å²) in [7, 11) is 0. The standard InChI is InChI=1S/C30H23F8N3O3/c31-28(32,33)19-12-8-17(9-13-19)18-10-14-20(15-11-18)30(37,38)44-24-6-2-1-4-21(24)23-5-3-7-25(39-23)41-16-22(27(42)43)26(40-41)29(34,35)36/h1-7,10-11,14-17,19H,8-9,12-13H2,(H,42,43). The van der Waals surface area contributed by atoms with Crippen LogP contribution in [-0.2, 0) is 12.3 Å². The number of benzene rings is 2. The second kappa shape index (κ2) is 11.5. The van der Waals surface area contributed by atoms with Crippen molar-refractivity contribution < 1.29 is 49.8 Å². The van der Waals surface area contributed by atoms with Gasteiger partial charge in [0.05, 0.1) is 17.2 Å². The highest BCUT2D eigenvalue weighted by molar-refractivity contribution is 5.89. The van der Waals surface area contributed by atoms with Crippen molar-refractivity contribution in [3.63, 3.8) is 0 Å². The molecule has 0 bridgehead atoms. The van der Waals surface area contributed by atoms with Crippen LogP contribution in [0.3, 0.4) is 0 Å². The van der Waals surface area contributed by atoms with Crippen LogP contribution in [0.2, 0.25) is 0 Å². The molecule has 1 aliphatic rings. The van der Waals surface area contributed by atoms with Gasteiger partial charge in [-0.3, -0.25) is 0 Å². The molecule has 4 aromatic rings. The largest absolute Gasteiger partial charge is 0.478 e. The van der Waals surface area contributed by atoms with E-state index in [0.29, 0.717) is 29.3 Å². The molecule has 0 unspecified atom stereocenters. The number of para-hydroxylation sites is 1. The van der Waals surface area contributed by atoms with E-state index in [9.17, 15) is 36.2 Å². The third kappa shape index (κ3) is 6.53. The van der Waals surface area contributed by atoms with Gasteiger partial charge in [-0.1, -0.05) is 30.3 Å². The first-order valence-corrected chi connectivity index (χ1v) is 13.3. The summed E-state index contributed by atoms with van der Waals surface area (Å²) in [4.78, 5) is 15.5. The molecule has 1 saturated carbocycles. The maximum atomic E-state index is 15.3. The number of aromatic carboxylic acids is 1. The Morgan fingerprint density at radius 3 is 2.09 bits per heavy atom. The molecule has 14 heteroatoms. The summed E-state index contributed by atoms with van der Waals surface area (Å²) < 4.78 is 115. The van der Waals surface area contributed by atoms with Crippen molar-refractivity contribution in [2.45, 2.75) is 50.1 Å². The molecule has 1 fully saturated rings. The molecule has 0 atom stereocenters. The van der Waals surface area contributed by atoms with Crippen LogP contribution in [0.4, 0.5) is 35.1 Å². The van der Waals surface area contributed by atoms with E-state index in [-0.39, 0.29) is 41.6 Å². The molecule has 0 spiro atoms. The van der Waals surface area contributed by atoms with Gasteiger partial charge in [0.1, 0.15) is 11.3 Å². The molecule has 6 nitrogen and oxygen atoms in total. The molecule has 1 aliphatic carbocycles.